The highest BCUT2D eigenvalue weighted by Gasteiger charge is 2.31. The zero-order chi connectivity index (χ0) is 15.3. The molecular formula is C15H17F3O3. The van der Waals surface area contributed by atoms with Crippen molar-refractivity contribution in [2.24, 2.45) is 5.92 Å². The van der Waals surface area contributed by atoms with Gasteiger partial charge < -0.3 is 9.47 Å². The predicted octanol–water partition coefficient (Wildman–Crippen LogP) is 4.11. The highest BCUT2D eigenvalue weighted by Crippen LogP contribution is 2.26. The number of hydrogen-bond acceptors (Lipinski definition) is 3. The zero-order valence-corrected chi connectivity index (χ0v) is 11.5. The monoisotopic (exact) mass is 302 g/mol. The van der Waals surface area contributed by atoms with Crippen LogP contribution in [0.2, 0.25) is 0 Å². The minimum atomic E-state index is -4.71. The second-order valence-electron chi connectivity index (χ2n) is 5.11. The van der Waals surface area contributed by atoms with Crippen LogP contribution in [0, 0.1) is 5.92 Å². The maximum absolute atomic E-state index is 12.0. The summed E-state index contributed by atoms with van der Waals surface area (Å²) in [6.07, 6.45) is 0.408. The molecule has 0 saturated heterocycles. The Bertz CT molecular complexity index is 462. The molecule has 1 aromatic carbocycles. The number of rotatable bonds is 5. The van der Waals surface area contributed by atoms with E-state index in [2.05, 4.69) is 4.74 Å². The van der Waals surface area contributed by atoms with Gasteiger partial charge in [0.15, 0.2) is 5.78 Å². The van der Waals surface area contributed by atoms with E-state index in [1.54, 1.807) is 0 Å². The van der Waals surface area contributed by atoms with Crippen LogP contribution in [0.25, 0.3) is 0 Å². The molecule has 0 bridgehead atoms. The first-order chi connectivity index (χ1) is 9.94. The largest absolute Gasteiger partial charge is 0.573 e. The third-order valence-corrected chi connectivity index (χ3v) is 3.50. The zero-order valence-electron chi connectivity index (χ0n) is 11.5. The van der Waals surface area contributed by atoms with Gasteiger partial charge in [-0.1, -0.05) is 19.3 Å². The van der Waals surface area contributed by atoms with Gasteiger partial charge >= 0.3 is 6.36 Å². The van der Waals surface area contributed by atoms with Crippen LogP contribution in [0.15, 0.2) is 24.3 Å². The molecule has 2 rings (SSSR count). The van der Waals surface area contributed by atoms with Crippen LogP contribution >= 0.6 is 0 Å². The maximum atomic E-state index is 12.0. The first-order valence-corrected chi connectivity index (χ1v) is 6.95. The topological polar surface area (TPSA) is 35.5 Å². The Morgan fingerprint density at radius 2 is 1.62 bits per heavy atom. The average Bonchev–Trinajstić information content (AvgIpc) is 2.45. The number of Topliss-reactive ketones (excluding diaryl/α,β-unsaturated/α-hetero) is 1. The average molecular weight is 302 g/mol. The molecule has 0 aliphatic heterocycles. The summed E-state index contributed by atoms with van der Waals surface area (Å²) >= 11 is 0. The Balaban J connectivity index is 1.81. The van der Waals surface area contributed by atoms with E-state index >= 15 is 0 Å². The minimum Gasteiger partial charge on any atom is -0.486 e. The van der Waals surface area contributed by atoms with Gasteiger partial charge in [0.1, 0.15) is 18.1 Å². The summed E-state index contributed by atoms with van der Waals surface area (Å²) in [6.45, 7) is -0.0376. The van der Waals surface area contributed by atoms with Crippen LogP contribution in [0.5, 0.6) is 11.5 Å². The molecule has 0 aromatic heterocycles. The van der Waals surface area contributed by atoms with Gasteiger partial charge in [-0.2, -0.15) is 0 Å². The lowest BCUT2D eigenvalue weighted by atomic mass is 9.86. The van der Waals surface area contributed by atoms with E-state index in [-0.39, 0.29) is 24.1 Å². The van der Waals surface area contributed by atoms with Gasteiger partial charge in [-0.3, -0.25) is 4.79 Å². The van der Waals surface area contributed by atoms with E-state index in [9.17, 15) is 18.0 Å². The third kappa shape index (κ3) is 5.28. The Morgan fingerprint density at radius 1 is 1.05 bits per heavy atom. The van der Waals surface area contributed by atoms with Crippen molar-refractivity contribution in [3.63, 3.8) is 0 Å². The van der Waals surface area contributed by atoms with Crippen molar-refractivity contribution in [2.45, 2.75) is 38.5 Å². The molecule has 1 aliphatic carbocycles. The number of carbonyl (C=O) groups excluding carboxylic acids is 1. The Hall–Kier alpha value is -1.72. The highest BCUT2D eigenvalue weighted by molar-refractivity contribution is 5.82. The SMILES string of the molecule is O=C(COc1ccc(OC(F)(F)F)cc1)C1CCCCC1. The fraction of sp³-hybridized carbons (Fsp3) is 0.533. The number of carbonyl (C=O) groups is 1. The summed E-state index contributed by atoms with van der Waals surface area (Å²) in [5.41, 5.74) is 0. The van der Waals surface area contributed by atoms with E-state index in [0.717, 1.165) is 37.8 Å². The lowest BCUT2D eigenvalue weighted by Crippen LogP contribution is -2.23. The molecule has 0 radical (unpaired) electrons. The molecule has 1 aliphatic rings. The van der Waals surface area contributed by atoms with E-state index < -0.39 is 6.36 Å². The van der Waals surface area contributed by atoms with Crippen molar-refractivity contribution in [3.05, 3.63) is 24.3 Å². The van der Waals surface area contributed by atoms with Crippen molar-refractivity contribution in [1.82, 2.24) is 0 Å². The summed E-state index contributed by atoms with van der Waals surface area (Å²) in [5, 5.41) is 0. The lowest BCUT2D eigenvalue weighted by Gasteiger charge is -2.20. The van der Waals surface area contributed by atoms with Crippen LogP contribution in [-0.2, 0) is 4.79 Å². The van der Waals surface area contributed by atoms with Gasteiger partial charge in [0.25, 0.3) is 0 Å². The molecule has 21 heavy (non-hydrogen) atoms. The van der Waals surface area contributed by atoms with Gasteiger partial charge in [0.05, 0.1) is 0 Å². The molecule has 6 heteroatoms. The van der Waals surface area contributed by atoms with E-state index in [0.29, 0.717) is 5.75 Å². The molecule has 0 N–H and O–H groups in total. The molecule has 1 fully saturated rings. The predicted molar refractivity (Wildman–Crippen MR) is 70.2 cm³/mol. The summed E-state index contributed by atoms with van der Waals surface area (Å²) in [4.78, 5) is 11.9. The number of alkyl halides is 3. The molecule has 0 unspecified atom stereocenters. The number of halogens is 3. The van der Waals surface area contributed by atoms with E-state index in [1.165, 1.54) is 18.6 Å². The Labute approximate surface area is 121 Å². The van der Waals surface area contributed by atoms with Gasteiger partial charge in [0, 0.05) is 5.92 Å². The van der Waals surface area contributed by atoms with Crippen molar-refractivity contribution in [2.75, 3.05) is 6.61 Å². The molecule has 0 heterocycles. The summed E-state index contributed by atoms with van der Waals surface area (Å²) in [5.74, 6) is 0.166. The van der Waals surface area contributed by atoms with Crippen LogP contribution in [0.4, 0.5) is 13.2 Å². The molecule has 116 valence electrons. The normalized spacial score (nSPS) is 16.5. The Kier molecular flexibility index (Phi) is 5.09. The molecule has 0 atom stereocenters. The smallest absolute Gasteiger partial charge is 0.486 e. The number of ether oxygens (including phenoxy) is 2. The van der Waals surface area contributed by atoms with Crippen molar-refractivity contribution >= 4 is 5.78 Å². The van der Waals surface area contributed by atoms with Crippen LogP contribution in [0.1, 0.15) is 32.1 Å². The van der Waals surface area contributed by atoms with Crippen molar-refractivity contribution in [1.29, 1.82) is 0 Å². The lowest BCUT2D eigenvalue weighted by molar-refractivity contribution is -0.274. The quantitative estimate of drug-likeness (QED) is 0.821. The second-order valence-corrected chi connectivity index (χ2v) is 5.11. The van der Waals surface area contributed by atoms with Crippen LogP contribution in [0.3, 0.4) is 0 Å². The molecule has 1 aromatic rings. The molecular weight excluding hydrogens is 285 g/mol. The molecule has 1 saturated carbocycles. The van der Waals surface area contributed by atoms with Gasteiger partial charge in [-0.25, -0.2) is 0 Å². The minimum absolute atomic E-state index is 0.0376. The summed E-state index contributed by atoms with van der Waals surface area (Å²) in [6, 6.07) is 5.03. The van der Waals surface area contributed by atoms with Gasteiger partial charge in [0.2, 0.25) is 0 Å². The highest BCUT2D eigenvalue weighted by atomic mass is 19.4. The molecule has 3 nitrogen and oxygen atoms in total. The van der Waals surface area contributed by atoms with Crippen molar-refractivity contribution < 1.29 is 27.4 Å². The van der Waals surface area contributed by atoms with Crippen LogP contribution in [-0.4, -0.2) is 18.8 Å². The number of ketones is 1. The fourth-order valence-electron chi connectivity index (χ4n) is 2.43. The standard InChI is InChI=1S/C15H17F3O3/c16-15(17,18)21-13-8-6-12(7-9-13)20-10-14(19)11-4-2-1-3-5-11/h6-9,11H,1-5,10H2. The fourth-order valence-corrected chi connectivity index (χ4v) is 2.43. The van der Waals surface area contributed by atoms with Gasteiger partial charge in [-0.15, -0.1) is 13.2 Å². The number of hydrogen-bond donors (Lipinski definition) is 0. The van der Waals surface area contributed by atoms with Crippen molar-refractivity contribution in [3.8, 4) is 11.5 Å². The van der Waals surface area contributed by atoms with Crippen LogP contribution < -0.4 is 9.47 Å². The second kappa shape index (κ2) is 6.83. The Morgan fingerprint density at radius 3 is 2.19 bits per heavy atom. The van der Waals surface area contributed by atoms with E-state index in [4.69, 9.17) is 4.74 Å². The first kappa shape index (κ1) is 15.7. The molecule has 0 amide bonds. The molecule has 0 spiro atoms. The summed E-state index contributed by atoms with van der Waals surface area (Å²) < 4.78 is 45.1. The first-order valence-electron chi connectivity index (χ1n) is 6.95. The number of benzene rings is 1. The van der Waals surface area contributed by atoms with E-state index in [1.807, 2.05) is 0 Å². The maximum Gasteiger partial charge on any atom is 0.573 e. The third-order valence-electron chi connectivity index (χ3n) is 3.50. The summed E-state index contributed by atoms with van der Waals surface area (Å²) in [7, 11) is 0. The van der Waals surface area contributed by atoms with Gasteiger partial charge in [-0.05, 0) is 37.1 Å².